The van der Waals surface area contributed by atoms with E-state index in [0.717, 1.165) is 24.3 Å². The van der Waals surface area contributed by atoms with Gasteiger partial charge in [0, 0.05) is 0 Å². The second-order valence-electron chi connectivity index (χ2n) is 3.75. The van der Waals surface area contributed by atoms with Crippen molar-refractivity contribution >= 4 is 17.8 Å². The van der Waals surface area contributed by atoms with Crippen LogP contribution in [-0.2, 0) is 0 Å². The molecule has 2 aromatic carbocycles. The fourth-order valence-electron chi connectivity index (χ4n) is 1.56. The fourth-order valence-corrected chi connectivity index (χ4v) is 1.56. The maximum atomic E-state index is 13.0. The van der Waals surface area contributed by atoms with Crippen molar-refractivity contribution in [2.24, 2.45) is 0 Å². The van der Waals surface area contributed by atoms with Crippen LogP contribution < -0.4 is 10.9 Å². The summed E-state index contributed by atoms with van der Waals surface area (Å²) < 4.78 is 51.4. The quantitative estimate of drug-likeness (QED) is 0.633. The van der Waals surface area contributed by atoms with Crippen LogP contribution in [0.15, 0.2) is 36.4 Å². The minimum Gasteiger partial charge on any atom is -0.443 e. The summed E-state index contributed by atoms with van der Waals surface area (Å²) in [6.45, 7) is -1.35. The highest BCUT2D eigenvalue weighted by molar-refractivity contribution is 6.78. The van der Waals surface area contributed by atoms with Crippen LogP contribution in [0, 0.1) is 23.3 Å². The van der Waals surface area contributed by atoms with Crippen LogP contribution in [0.1, 0.15) is 0 Å². The summed E-state index contributed by atoms with van der Waals surface area (Å²) in [5.41, 5.74) is 0.111. The van der Waals surface area contributed by atoms with Crippen LogP contribution in [0.2, 0.25) is 0 Å². The summed E-state index contributed by atoms with van der Waals surface area (Å²) in [7, 11) is 0. The molecule has 6 heteroatoms. The van der Waals surface area contributed by atoms with Gasteiger partial charge in [-0.3, -0.25) is 0 Å². The van der Waals surface area contributed by atoms with Gasteiger partial charge in [0.05, 0.1) is 0 Å². The number of hydrogen-bond donors (Lipinski definition) is 1. The third-order valence-corrected chi connectivity index (χ3v) is 2.52. The van der Waals surface area contributed by atoms with E-state index in [1.54, 1.807) is 0 Å². The molecule has 1 N–H and O–H groups in total. The van der Waals surface area contributed by atoms with Gasteiger partial charge in [-0.1, -0.05) is 12.1 Å². The molecule has 0 unspecified atom stereocenters. The molecule has 0 aliphatic rings. The zero-order valence-electron chi connectivity index (χ0n) is 9.00. The Morgan fingerprint density at radius 3 is 1.39 bits per heavy atom. The van der Waals surface area contributed by atoms with Gasteiger partial charge in [-0.25, -0.2) is 17.6 Å². The first-order valence-electron chi connectivity index (χ1n) is 5.07. The molecular formula is C12H7BF4O. The van der Waals surface area contributed by atoms with Crippen molar-refractivity contribution < 1.29 is 22.6 Å². The lowest BCUT2D eigenvalue weighted by atomic mass is 9.56. The standard InChI is InChI=1S/C12H7BF4O/c14-9-3-1-7(5-11(9)16)13(18)8-2-4-10(15)12(17)6-8/h1-6,18H. The fraction of sp³-hybridized carbons (Fsp3) is 0. The lowest BCUT2D eigenvalue weighted by Gasteiger charge is -2.08. The molecule has 0 aliphatic carbocycles. The minimum atomic E-state index is -1.35. The van der Waals surface area contributed by atoms with Crippen LogP contribution in [0.25, 0.3) is 0 Å². The summed E-state index contributed by atoms with van der Waals surface area (Å²) in [5.74, 6) is -4.32. The molecule has 0 bridgehead atoms. The average molecular weight is 254 g/mol. The smallest absolute Gasteiger partial charge is 0.359 e. The molecule has 2 rings (SSSR count). The molecule has 1 nitrogen and oxygen atoms in total. The van der Waals surface area contributed by atoms with E-state index in [1.165, 1.54) is 12.1 Å². The Kier molecular flexibility index (Phi) is 3.38. The molecule has 2 aromatic rings. The van der Waals surface area contributed by atoms with Crippen molar-refractivity contribution in [3.8, 4) is 0 Å². The van der Waals surface area contributed by atoms with Crippen LogP contribution in [0.5, 0.6) is 0 Å². The van der Waals surface area contributed by atoms with Gasteiger partial charge >= 0.3 is 6.92 Å². The molecule has 0 heterocycles. The molecule has 0 spiro atoms. The number of rotatable bonds is 2. The van der Waals surface area contributed by atoms with Gasteiger partial charge < -0.3 is 5.02 Å². The maximum absolute atomic E-state index is 13.0. The molecule has 0 aliphatic heterocycles. The van der Waals surface area contributed by atoms with Gasteiger partial charge in [0.15, 0.2) is 23.3 Å². The zero-order valence-corrected chi connectivity index (χ0v) is 9.00. The van der Waals surface area contributed by atoms with Crippen molar-refractivity contribution in [2.75, 3.05) is 0 Å². The van der Waals surface area contributed by atoms with Crippen molar-refractivity contribution in [2.45, 2.75) is 0 Å². The van der Waals surface area contributed by atoms with Crippen LogP contribution >= 0.6 is 0 Å². The highest BCUT2D eigenvalue weighted by atomic mass is 19.2. The molecule has 0 saturated heterocycles. The summed E-state index contributed by atoms with van der Waals surface area (Å²) in [6, 6.07) is 5.67. The van der Waals surface area contributed by atoms with Gasteiger partial charge in [0.25, 0.3) is 0 Å². The molecular weight excluding hydrogens is 247 g/mol. The maximum Gasteiger partial charge on any atom is 0.359 e. The number of hydrogen-bond acceptors (Lipinski definition) is 1. The summed E-state index contributed by atoms with van der Waals surface area (Å²) in [5, 5.41) is 9.84. The van der Waals surface area contributed by atoms with E-state index in [-0.39, 0.29) is 10.9 Å². The first-order chi connectivity index (χ1) is 8.49. The summed E-state index contributed by atoms with van der Waals surface area (Å²) >= 11 is 0. The average Bonchev–Trinajstić information content (AvgIpc) is 2.35. The minimum absolute atomic E-state index is 0.0555. The summed E-state index contributed by atoms with van der Waals surface area (Å²) in [4.78, 5) is 0. The van der Waals surface area contributed by atoms with Gasteiger partial charge in [0.2, 0.25) is 0 Å². The van der Waals surface area contributed by atoms with E-state index in [1.807, 2.05) is 0 Å². The first kappa shape index (κ1) is 12.6. The van der Waals surface area contributed by atoms with Gasteiger partial charge in [-0.05, 0) is 35.2 Å². The van der Waals surface area contributed by atoms with Crippen LogP contribution in [0.4, 0.5) is 17.6 Å². The van der Waals surface area contributed by atoms with Gasteiger partial charge in [0.1, 0.15) is 0 Å². The van der Waals surface area contributed by atoms with Crippen molar-refractivity contribution in [1.82, 2.24) is 0 Å². The third kappa shape index (κ3) is 2.38. The van der Waals surface area contributed by atoms with Crippen molar-refractivity contribution in [3.63, 3.8) is 0 Å². The molecule has 0 saturated carbocycles. The SMILES string of the molecule is OB(c1ccc(F)c(F)c1)c1ccc(F)c(F)c1. The van der Waals surface area contributed by atoms with Crippen molar-refractivity contribution in [3.05, 3.63) is 59.7 Å². The Balaban J connectivity index is 2.37. The third-order valence-electron chi connectivity index (χ3n) is 2.52. The van der Waals surface area contributed by atoms with E-state index in [9.17, 15) is 22.6 Å². The molecule has 18 heavy (non-hydrogen) atoms. The second-order valence-corrected chi connectivity index (χ2v) is 3.75. The van der Waals surface area contributed by atoms with Gasteiger partial charge in [-0.2, -0.15) is 0 Å². The Hall–Kier alpha value is -1.82. The number of halogens is 4. The predicted octanol–water partition coefficient (Wildman–Crippen LogP) is 1.34. The Morgan fingerprint density at radius 2 is 1.06 bits per heavy atom. The van der Waals surface area contributed by atoms with Crippen LogP contribution in [0.3, 0.4) is 0 Å². The predicted molar refractivity (Wildman–Crippen MR) is 60.0 cm³/mol. The highest BCUT2D eigenvalue weighted by Gasteiger charge is 2.20. The van der Waals surface area contributed by atoms with E-state index >= 15 is 0 Å². The van der Waals surface area contributed by atoms with E-state index < -0.39 is 30.2 Å². The topological polar surface area (TPSA) is 20.2 Å². The monoisotopic (exact) mass is 254 g/mol. The first-order valence-corrected chi connectivity index (χ1v) is 5.07. The van der Waals surface area contributed by atoms with E-state index in [0.29, 0.717) is 0 Å². The summed E-state index contributed by atoms with van der Waals surface area (Å²) in [6.07, 6.45) is 0. The Morgan fingerprint density at radius 1 is 0.667 bits per heavy atom. The van der Waals surface area contributed by atoms with Crippen molar-refractivity contribution in [1.29, 1.82) is 0 Å². The Labute approximate surface area is 101 Å². The van der Waals surface area contributed by atoms with E-state index in [4.69, 9.17) is 0 Å². The molecule has 0 radical (unpaired) electrons. The van der Waals surface area contributed by atoms with Crippen LogP contribution in [-0.4, -0.2) is 11.9 Å². The molecule has 0 atom stereocenters. The lowest BCUT2D eigenvalue weighted by Crippen LogP contribution is -2.42. The van der Waals surface area contributed by atoms with E-state index in [2.05, 4.69) is 0 Å². The lowest BCUT2D eigenvalue weighted by molar-refractivity contribution is 0.508. The largest absolute Gasteiger partial charge is 0.443 e. The highest BCUT2D eigenvalue weighted by Crippen LogP contribution is 2.04. The molecule has 0 fully saturated rings. The number of benzene rings is 2. The zero-order chi connectivity index (χ0) is 13.3. The molecule has 0 aromatic heterocycles. The normalized spacial score (nSPS) is 10.5. The molecule has 0 amide bonds. The van der Waals surface area contributed by atoms with Gasteiger partial charge in [-0.15, -0.1) is 0 Å². The second kappa shape index (κ2) is 4.82. The molecule has 92 valence electrons. The Bertz CT molecular complexity index is 537.